The number of carbonyl (C=O) groups excluding carboxylic acids is 1. The lowest BCUT2D eigenvalue weighted by atomic mass is 10.1. The van der Waals surface area contributed by atoms with Crippen LogP contribution in [0.4, 0.5) is 0 Å². The summed E-state index contributed by atoms with van der Waals surface area (Å²) in [7, 11) is 1.64. The molecule has 1 amide bonds. The monoisotopic (exact) mass is 296 g/mol. The predicted molar refractivity (Wildman–Crippen MR) is 81.3 cm³/mol. The Hall–Kier alpha value is -2.73. The summed E-state index contributed by atoms with van der Waals surface area (Å²) >= 11 is 0. The van der Waals surface area contributed by atoms with Gasteiger partial charge in [0.05, 0.1) is 13.2 Å². The van der Waals surface area contributed by atoms with Gasteiger partial charge >= 0.3 is 0 Å². The van der Waals surface area contributed by atoms with Crippen LogP contribution in [0.2, 0.25) is 0 Å². The molecule has 0 bridgehead atoms. The second-order valence-corrected chi connectivity index (χ2v) is 4.86. The Balaban J connectivity index is 1.67. The number of amides is 1. The molecule has 6 nitrogen and oxygen atoms in total. The minimum Gasteiger partial charge on any atom is -0.380 e. The maximum absolute atomic E-state index is 12.1. The minimum absolute atomic E-state index is 0.142. The highest BCUT2D eigenvalue weighted by Crippen LogP contribution is 2.06. The van der Waals surface area contributed by atoms with Crippen LogP contribution in [0, 0.1) is 0 Å². The van der Waals surface area contributed by atoms with Crippen molar-refractivity contribution in [3.05, 3.63) is 65.6 Å². The van der Waals surface area contributed by atoms with Gasteiger partial charge in [0.1, 0.15) is 0 Å². The van der Waals surface area contributed by atoms with Crippen LogP contribution in [0.3, 0.4) is 0 Å². The normalized spacial score (nSPS) is 10.8. The number of nitrogens with zero attached hydrogens (tertiary/aromatic N) is 3. The van der Waals surface area contributed by atoms with Gasteiger partial charge in [-0.05, 0) is 29.8 Å². The summed E-state index contributed by atoms with van der Waals surface area (Å²) in [5.74, 6) is 0.552. The van der Waals surface area contributed by atoms with Crippen molar-refractivity contribution in [1.29, 1.82) is 0 Å². The maximum atomic E-state index is 12.1. The lowest BCUT2D eigenvalue weighted by Gasteiger charge is -2.05. The maximum Gasteiger partial charge on any atom is 0.251 e. The molecule has 6 heteroatoms. The molecule has 0 aliphatic carbocycles. The van der Waals surface area contributed by atoms with Gasteiger partial charge in [-0.25, -0.2) is 0 Å². The minimum atomic E-state index is -0.142. The highest BCUT2D eigenvalue weighted by molar-refractivity contribution is 5.94. The van der Waals surface area contributed by atoms with E-state index in [0.29, 0.717) is 24.5 Å². The van der Waals surface area contributed by atoms with Gasteiger partial charge in [-0.2, -0.15) is 0 Å². The van der Waals surface area contributed by atoms with Crippen LogP contribution in [0.5, 0.6) is 0 Å². The Bertz CT molecular complexity index is 780. The van der Waals surface area contributed by atoms with E-state index in [-0.39, 0.29) is 5.91 Å². The topological polar surface area (TPSA) is 68.5 Å². The number of aromatic nitrogens is 3. The first-order valence-electron chi connectivity index (χ1n) is 6.92. The predicted octanol–water partition coefficient (Wildman–Crippen LogP) is 1.81. The van der Waals surface area contributed by atoms with Gasteiger partial charge in [-0.1, -0.05) is 18.2 Å². The SMILES string of the molecule is COCc1ccc(C(=O)NCc2nnc3ccccn23)cc1. The van der Waals surface area contributed by atoms with Crippen LogP contribution in [-0.2, 0) is 17.9 Å². The lowest BCUT2D eigenvalue weighted by molar-refractivity contribution is 0.0949. The summed E-state index contributed by atoms with van der Waals surface area (Å²) in [6, 6.07) is 13.0. The van der Waals surface area contributed by atoms with Gasteiger partial charge in [0.2, 0.25) is 0 Å². The third kappa shape index (κ3) is 2.96. The van der Waals surface area contributed by atoms with Gasteiger partial charge in [-0.15, -0.1) is 10.2 Å². The molecule has 2 heterocycles. The van der Waals surface area contributed by atoms with E-state index < -0.39 is 0 Å². The molecule has 0 saturated carbocycles. The molecule has 0 saturated heterocycles. The second-order valence-electron chi connectivity index (χ2n) is 4.86. The molecular weight excluding hydrogens is 280 g/mol. The molecule has 22 heavy (non-hydrogen) atoms. The molecule has 1 N–H and O–H groups in total. The van der Waals surface area contributed by atoms with E-state index in [1.54, 1.807) is 19.2 Å². The van der Waals surface area contributed by atoms with Crippen LogP contribution in [0.15, 0.2) is 48.7 Å². The number of nitrogens with one attached hydrogen (secondary N) is 1. The largest absolute Gasteiger partial charge is 0.380 e. The van der Waals surface area contributed by atoms with Crippen molar-refractivity contribution in [2.24, 2.45) is 0 Å². The number of ether oxygens (including phenoxy) is 1. The summed E-state index contributed by atoms with van der Waals surface area (Å²) in [5, 5.41) is 11.0. The molecular formula is C16H16N4O2. The number of pyridine rings is 1. The first kappa shape index (κ1) is 14.2. The average Bonchev–Trinajstić information content (AvgIpc) is 2.97. The highest BCUT2D eigenvalue weighted by Gasteiger charge is 2.08. The smallest absolute Gasteiger partial charge is 0.251 e. The molecule has 112 valence electrons. The van der Waals surface area contributed by atoms with Crippen molar-refractivity contribution in [3.8, 4) is 0 Å². The Morgan fingerprint density at radius 1 is 1.18 bits per heavy atom. The van der Waals surface area contributed by atoms with Crippen LogP contribution >= 0.6 is 0 Å². The highest BCUT2D eigenvalue weighted by atomic mass is 16.5. The lowest BCUT2D eigenvalue weighted by Crippen LogP contribution is -2.24. The first-order valence-corrected chi connectivity index (χ1v) is 6.92. The number of hydrogen-bond donors (Lipinski definition) is 1. The molecule has 0 unspecified atom stereocenters. The number of carbonyl (C=O) groups is 1. The number of methoxy groups -OCH3 is 1. The van der Waals surface area contributed by atoms with Gasteiger partial charge < -0.3 is 10.1 Å². The fourth-order valence-electron chi connectivity index (χ4n) is 2.19. The van der Waals surface area contributed by atoms with Crippen molar-refractivity contribution < 1.29 is 9.53 Å². The summed E-state index contributed by atoms with van der Waals surface area (Å²) in [6.07, 6.45) is 1.87. The quantitative estimate of drug-likeness (QED) is 0.779. The van der Waals surface area contributed by atoms with Gasteiger partial charge in [0.15, 0.2) is 11.5 Å². The standard InChI is InChI=1S/C16H16N4O2/c1-22-11-12-5-7-13(8-6-12)16(21)17-10-15-19-18-14-4-2-3-9-20(14)15/h2-9H,10-11H2,1H3,(H,17,21). The fraction of sp³-hybridized carbons (Fsp3) is 0.188. The van der Waals surface area contributed by atoms with E-state index >= 15 is 0 Å². The molecule has 0 aliphatic heterocycles. The summed E-state index contributed by atoms with van der Waals surface area (Å²) in [5.41, 5.74) is 2.40. The second kappa shape index (κ2) is 6.36. The van der Waals surface area contributed by atoms with Gasteiger partial charge in [0, 0.05) is 18.9 Å². The van der Waals surface area contributed by atoms with E-state index in [2.05, 4.69) is 15.5 Å². The Morgan fingerprint density at radius 3 is 2.77 bits per heavy atom. The number of rotatable bonds is 5. The van der Waals surface area contributed by atoms with E-state index in [4.69, 9.17) is 4.74 Å². The van der Waals surface area contributed by atoms with Crippen LogP contribution < -0.4 is 5.32 Å². The molecule has 0 fully saturated rings. The third-order valence-electron chi connectivity index (χ3n) is 3.32. The Morgan fingerprint density at radius 2 is 2.00 bits per heavy atom. The summed E-state index contributed by atoms with van der Waals surface area (Å²) in [4.78, 5) is 12.1. The Labute approximate surface area is 127 Å². The number of benzene rings is 1. The summed E-state index contributed by atoms with van der Waals surface area (Å²) < 4.78 is 6.90. The van der Waals surface area contributed by atoms with Crippen molar-refractivity contribution >= 4 is 11.6 Å². The van der Waals surface area contributed by atoms with E-state index in [0.717, 1.165) is 11.2 Å². The van der Waals surface area contributed by atoms with Crippen molar-refractivity contribution in [1.82, 2.24) is 19.9 Å². The zero-order valence-corrected chi connectivity index (χ0v) is 12.2. The molecule has 3 rings (SSSR count). The molecule has 3 aromatic rings. The van der Waals surface area contributed by atoms with E-state index in [9.17, 15) is 4.79 Å². The Kier molecular flexibility index (Phi) is 4.11. The van der Waals surface area contributed by atoms with Crippen molar-refractivity contribution in [2.45, 2.75) is 13.2 Å². The van der Waals surface area contributed by atoms with Gasteiger partial charge in [-0.3, -0.25) is 9.20 Å². The molecule has 2 aromatic heterocycles. The molecule has 1 aromatic carbocycles. The van der Waals surface area contributed by atoms with Gasteiger partial charge in [0.25, 0.3) is 5.91 Å². The first-order chi connectivity index (χ1) is 10.8. The molecule has 0 spiro atoms. The number of hydrogen-bond acceptors (Lipinski definition) is 4. The van der Waals surface area contributed by atoms with E-state index in [1.807, 2.05) is 40.9 Å². The molecule has 0 atom stereocenters. The summed E-state index contributed by atoms with van der Waals surface area (Å²) in [6.45, 7) is 0.859. The molecule has 0 radical (unpaired) electrons. The van der Waals surface area contributed by atoms with E-state index in [1.165, 1.54) is 0 Å². The van der Waals surface area contributed by atoms with Crippen LogP contribution in [-0.4, -0.2) is 27.6 Å². The molecule has 0 aliphatic rings. The van der Waals surface area contributed by atoms with Crippen molar-refractivity contribution in [3.63, 3.8) is 0 Å². The van der Waals surface area contributed by atoms with Crippen LogP contribution in [0.1, 0.15) is 21.7 Å². The fourth-order valence-corrected chi connectivity index (χ4v) is 2.19. The number of fused-ring (bicyclic) bond motifs is 1. The third-order valence-corrected chi connectivity index (χ3v) is 3.32. The zero-order chi connectivity index (χ0) is 15.4. The average molecular weight is 296 g/mol. The van der Waals surface area contributed by atoms with Crippen molar-refractivity contribution in [2.75, 3.05) is 7.11 Å². The zero-order valence-electron chi connectivity index (χ0n) is 12.2. The van der Waals surface area contributed by atoms with Crippen LogP contribution in [0.25, 0.3) is 5.65 Å².